The van der Waals surface area contributed by atoms with Gasteiger partial charge in [-0.05, 0) is 42.3 Å². The molecule has 3 rings (SSSR count). The molecule has 1 heterocycles. The summed E-state index contributed by atoms with van der Waals surface area (Å²) >= 11 is 0. The van der Waals surface area contributed by atoms with Gasteiger partial charge in [-0.3, -0.25) is 4.79 Å². The van der Waals surface area contributed by atoms with Crippen molar-refractivity contribution in [2.24, 2.45) is 0 Å². The highest BCUT2D eigenvalue weighted by atomic mass is 19.4. The predicted molar refractivity (Wildman–Crippen MR) is 97.6 cm³/mol. The van der Waals surface area contributed by atoms with Crippen molar-refractivity contribution in [3.63, 3.8) is 0 Å². The van der Waals surface area contributed by atoms with Crippen molar-refractivity contribution in [3.8, 4) is 11.3 Å². The summed E-state index contributed by atoms with van der Waals surface area (Å²) in [4.78, 5) is 15.6. The Morgan fingerprint density at radius 1 is 1.03 bits per heavy atom. The van der Waals surface area contributed by atoms with E-state index in [2.05, 4.69) is 4.85 Å². The molecule has 0 saturated carbocycles. The van der Waals surface area contributed by atoms with Crippen molar-refractivity contribution in [1.82, 2.24) is 4.57 Å². The average molecular weight is 404 g/mol. The van der Waals surface area contributed by atoms with Gasteiger partial charge in [0.25, 0.3) is 11.2 Å². The fourth-order valence-corrected chi connectivity index (χ4v) is 2.98. The lowest BCUT2D eigenvalue weighted by atomic mass is 10.0. The summed E-state index contributed by atoms with van der Waals surface area (Å²) in [6.07, 6.45) is -4.90. The van der Waals surface area contributed by atoms with Crippen molar-refractivity contribution >= 4 is 5.69 Å². The number of hydrogen-bond donors (Lipinski definition) is 0. The number of pyridine rings is 1. The molecule has 0 saturated heterocycles. The minimum atomic E-state index is -4.90. The Morgan fingerprint density at radius 2 is 1.76 bits per heavy atom. The molecule has 3 nitrogen and oxygen atoms in total. The summed E-state index contributed by atoms with van der Waals surface area (Å²) in [5, 5.41) is 0. The van der Waals surface area contributed by atoms with Gasteiger partial charge in [-0.2, -0.15) is 13.2 Å². The van der Waals surface area contributed by atoms with Crippen LogP contribution in [0.5, 0.6) is 0 Å². The van der Waals surface area contributed by atoms with Crippen LogP contribution >= 0.6 is 0 Å². The van der Waals surface area contributed by atoms with E-state index in [4.69, 9.17) is 6.57 Å². The minimum absolute atomic E-state index is 0.0804. The quantitative estimate of drug-likeness (QED) is 0.405. The van der Waals surface area contributed by atoms with Crippen LogP contribution in [0.1, 0.15) is 16.7 Å². The summed E-state index contributed by atoms with van der Waals surface area (Å²) in [6, 6.07) is 10.2. The van der Waals surface area contributed by atoms with Gasteiger partial charge >= 0.3 is 6.18 Å². The number of aromatic nitrogens is 1. The molecule has 0 aliphatic carbocycles. The summed E-state index contributed by atoms with van der Waals surface area (Å²) in [5.74, 6) is -2.24. The fraction of sp³-hybridized carbons (Fsp3) is 0.143. The number of nitrogens with zero attached hydrogens (tertiary/aromatic N) is 2. The van der Waals surface area contributed by atoms with E-state index in [1.54, 1.807) is 25.1 Å². The van der Waals surface area contributed by atoms with Gasteiger partial charge in [-0.15, -0.1) is 0 Å². The highest BCUT2D eigenvalue weighted by Gasteiger charge is 2.36. The van der Waals surface area contributed by atoms with Gasteiger partial charge in [0.2, 0.25) is 0 Å². The van der Waals surface area contributed by atoms with Crippen LogP contribution in [0.15, 0.2) is 53.3 Å². The molecule has 148 valence electrons. The Bertz CT molecular complexity index is 1190. The first kappa shape index (κ1) is 20.3. The van der Waals surface area contributed by atoms with E-state index >= 15 is 0 Å². The highest BCUT2D eigenvalue weighted by Crippen LogP contribution is 2.37. The molecule has 0 N–H and O–H groups in total. The molecule has 0 fully saturated rings. The molecule has 0 amide bonds. The average Bonchev–Trinajstić information content (AvgIpc) is 2.65. The molecule has 0 spiro atoms. The van der Waals surface area contributed by atoms with Crippen LogP contribution in [0.2, 0.25) is 0 Å². The molecule has 0 aliphatic rings. The molecule has 0 atom stereocenters. The molecule has 0 radical (unpaired) electrons. The third-order valence-electron chi connectivity index (χ3n) is 4.33. The van der Waals surface area contributed by atoms with E-state index in [9.17, 15) is 26.7 Å². The molecule has 29 heavy (non-hydrogen) atoms. The number of hydrogen-bond acceptors (Lipinski definition) is 1. The van der Waals surface area contributed by atoms with Gasteiger partial charge in [0, 0.05) is 5.69 Å². The monoisotopic (exact) mass is 404 g/mol. The molecular formula is C21H13F5N2O. The predicted octanol–water partition coefficient (Wildman–Crippen LogP) is 5.72. The fourth-order valence-electron chi connectivity index (χ4n) is 2.98. The number of rotatable bonds is 3. The second-order valence-electron chi connectivity index (χ2n) is 6.41. The molecule has 0 aliphatic heterocycles. The molecule has 3 aromatic rings. The van der Waals surface area contributed by atoms with E-state index in [0.29, 0.717) is 5.56 Å². The maximum atomic E-state index is 13.6. The zero-order valence-electron chi connectivity index (χ0n) is 15.0. The Balaban J connectivity index is 2.31. The minimum Gasteiger partial charge on any atom is -0.313 e. The largest absolute Gasteiger partial charge is 0.407 e. The second-order valence-corrected chi connectivity index (χ2v) is 6.41. The summed E-state index contributed by atoms with van der Waals surface area (Å²) < 4.78 is 68.1. The maximum absolute atomic E-state index is 13.6. The number of aryl methyl sites for hydroxylation is 1. The summed E-state index contributed by atoms with van der Waals surface area (Å²) in [6.45, 7) is 8.46. The number of benzene rings is 2. The van der Waals surface area contributed by atoms with Gasteiger partial charge in [-0.25, -0.2) is 13.6 Å². The molecule has 2 aromatic carbocycles. The van der Waals surface area contributed by atoms with Gasteiger partial charge in [-0.1, -0.05) is 29.8 Å². The Hall–Kier alpha value is -3.47. The number of halogens is 5. The van der Waals surface area contributed by atoms with Crippen LogP contribution < -0.4 is 5.56 Å². The lowest BCUT2D eigenvalue weighted by Gasteiger charge is -2.18. The Labute approximate surface area is 162 Å². The van der Waals surface area contributed by atoms with Gasteiger partial charge in [0.1, 0.15) is 0 Å². The zero-order chi connectivity index (χ0) is 21.3. The molecule has 0 unspecified atom stereocenters. The van der Waals surface area contributed by atoms with Crippen LogP contribution in [0.25, 0.3) is 16.1 Å². The van der Waals surface area contributed by atoms with E-state index in [1.807, 2.05) is 0 Å². The van der Waals surface area contributed by atoms with Crippen molar-refractivity contribution in [2.75, 3.05) is 0 Å². The van der Waals surface area contributed by atoms with E-state index in [-0.39, 0.29) is 17.8 Å². The van der Waals surface area contributed by atoms with Crippen LogP contribution in [-0.2, 0) is 12.7 Å². The SMILES string of the molecule is [C-]#[N+]c1c(C(F)(F)F)cc(-c2cccc(C)c2)n(Cc2ccc(F)c(F)c2)c1=O. The van der Waals surface area contributed by atoms with Gasteiger partial charge in [0.05, 0.1) is 18.7 Å². The van der Waals surface area contributed by atoms with Gasteiger partial charge < -0.3 is 4.57 Å². The number of alkyl halides is 3. The second kappa shape index (κ2) is 7.51. The Morgan fingerprint density at radius 3 is 2.34 bits per heavy atom. The first-order valence-electron chi connectivity index (χ1n) is 8.35. The maximum Gasteiger partial charge on any atom is 0.407 e. The van der Waals surface area contributed by atoms with E-state index in [0.717, 1.165) is 28.3 Å². The van der Waals surface area contributed by atoms with E-state index < -0.39 is 34.6 Å². The topological polar surface area (TPSA) is 26.4 Å². The molecular weight excluding hydrogens is 391 g/mol. The third kappa shape index (κ3) is 4.04. The first-order valence-corrected chi connectivity index (χ1v) is 8.35. The summed E-state index contributed by atoms with van der Waals surface area (Å²) in [5.41, 5.74) is -2.41. The summed E-state index contributed by atoms with van der Waals surface area (Å²) in [7, 11) is 0. The highest BCUT2D eigenvalue weighted by molar-refractivity contribution is 5.66. The van der Waals surface area contributed by atoms with Crippen molar-refractivity contribution < 1.29 is 22.0 Å². The molecule has 1 aromatic heterocycles. The zero-order valence-corrected chi connectivity index (χ0v) is 15.0. The van der Waals surface area contributed by atoms with Crippen LogP contribution in [0.4, 0.5) is 27.6 Å². The van der Waals surface area contributed by atoms with Crippen molar-refractivity contribution in [2.45, 2.75) is 19.6 Å². The first-order chi connectivity index (χ1) is 13.6. The molecule has 0 bridgehead atoms. The van der Waals surface area contributed by atoms with Crippen LogP contribution in [0, 0.1) is 25.1 Å². The smallest absolute Gasteiger partial charge is 0.313 e. The van der Waals surface area contributed by atoms with Crippen molar-refractivity contribution in [3.05, 3.63) is 98.6 Å². The molecule has 8 heteroatoms. The normalized spacial score (nSPS) is 11.3. The lowest BCUT2D eigenvalue weighted by Crippen LogP contribution is -2.25. The third-order valence-corrected chi connectivity index (χ3v) is 4.33. The van der Waals surface area contributed by atoms with Gasteiger partial charge in [0.15, 0.2) is 11.6 Å². The van der Waals surface area contributed by atoms with Crippen LogP contribution in [0.3, 0.4) is 0 Å². The lowest BCUT2D eigenvalue weighted by molar-refractivity contribution is -0.136. The van der Waals surface area contributed by atoms with E-state index in [1.165, 1.54) is 12.1 Å². The van der Waals surface area contributed by atoms with Crippen molar-refractivity contribution in [1.29, 1.82) is 0 Å². The Kier molecular flexibility index (Phi) is 5.25. The standard InChI is InChI=1S/C21H13F5N2O/c1-12-4-3-5-14(8-12)18-10-15(21(24,25)26)19(27-2)20(29)28(18)11-13-6-7-16(22)17(23)9-13/h3-10H,11H2,1H3. The van der Waals surface area contributed by atoms with Crippen LogP contribution in [-0.4, -0.2) is 4.57 Å².